The van der Waals surface area contributed by atoms with Crippen LogP contribution < -0.4 is 16.2 Å². The summed E-state index contributed by atoms with van der Waals surface area (Å²) in [5.41, 5.74) is 10.1. The summed E-state index contributed by atoms with van der Waals surface area (Å²) in [7, 11) is -3.80. The molecule has 4 rings (SSSR count). The van der Waals surface area contributed by atoms with Crippen molar-refractivity contribution in [2.24, 2.45) is 5.14 Å². The molecule has 0 radical (unpaired) electrons. The van der Waals surface area contributed by atoms with Crippen molar-refractivity contribution in [2.45, 2.75) is 11.3 Å². The molecule has 152 valence electrons. The highest BCUT2D eigenvalue weighted by atomic mass is 32.2. The Morgan fingerprint density at radius 3 is 2.57 bits per heavy atom. The number of nitrogens with two attached hydrogens (primary N) is 2. The highest BCUT2D eigenvalue weighted by Crippen LogP contribution is 2.26. The number of anilines is 3. The molecule has 0 fully saturated rings. The van der Waals surface area contributed by atoms with Gasteiger partial charge in [-0.3, -0.25) is 5.10 Å². The van der Waals surface area contributed by atoms with Gasteiger partial charge in [-0.25, -0.2) is 18.5 Å². The molecule has 0 amide bonds. The van der Waals surface area contributed by atoms with E-state index in [1.807, 2.05) is 24.3 Å². The van der Waals surface area contributed by atoms with E-state index in [9.17, 15) is 8.42 Å². The highest BCUT2D eigenvalue weighted by molar-refractivity contribution is 7.89. The number of nitrogen functional groups attached to an aromatic ring is 1. The molecule has 4 aromatic rings. The maximum atomic E-state index is 11.5. The number of benzene rings is 2. The van der Waals surface area contributed by atoms with Crippen LogP contribution in [0.2, 0.25) is 0 Å². The number of sulfonamides is 1. The topological polar surface area (TPSA) is 166 Å². The minimum atomic E-state index is -3.80. The Bertz CT molecular complexity index is 1270. The van der Waals surface area contributed by atoms with Gasteiger partial charge in [0.15, 0.2) is 0 Å². The Labute approximate surface area is 172 Å². The first kappa shape index (κ1) is 19.5. The summed E-state index contributed by atoms with van der Waals surface area (Å²) in [6, 6.07) is 13.9. The summed E-state index contributed by atoms with van der Waals surface area (Å²) in [5, 5.41) is 18.5. The number of hydrogen-bond donors (Lipinski definition) is 4. The molecule has 0 aliphatic heterocycles. The van der Waals surface area contributed by atoms with E-state index in [0.29, 0.717) is 23.5 Å². The van der Waals surface area contributed by atoms with Crippen molar-refractivity contribution in [3.05, 3.63) is 72.2 Å². The SMILES string of the molecule is Nc1nc(Nc2cccc(S(N)(=O)=O)c2)ncc1-c1ccc(Cc2c[nH]nn2)cc1. The van der Waals surface area contributed by atoms with Crippen LogP contribution in [0.3, 0.4) is 0 Å². The minimum Gasteiger partial charge on any atom is -0.383 e. The van der Waals surface area contributed by atoms with Crippen LogP contribution in [0.4, 0.5) is 17.5 Å². The van der Waals surface area contributed by atoms with E-state index in [2.05, 4.69) is 30.7 Å². The Morgan fingerprint density at radius 2 is 1.90 bits per heavy atom. The quantitative estimate of drug-likeness (QED) is 0.365. The number of aromatic amines is 1. The van der Waals surface area contributed by atoms with E-state index in [4.69, 9.17) is 10.9 Å². The first-order valence-electron chi connectivity index (χ1n) is 8.85. The van der Waals surface area contributed by atoms with Crippen molar-refractivity contribution >= 4 is 27.5 Å². The smallest absolute Gasteiger partial charge is 0.238 e. The lowest BCUT2D eigenvalue weighted by Gasteiger charge is -2.10. The molecule has 2 heterocycles. The van der Waals surface area contributed by atoms with Gasteiger partial charge in [0.25, 0.3) is 0 Å². The zero-order chi connectivity index (χ0) is 21.1. The lowest BCUT2D eigenvalue weighted by Crippen LogP contribution is -2.12. The summed E-state index contributed by atoms with van der Waals surface area (Å²) < 4.78 is 23.0. The molecule has 0 aliphatic rings. The average molecular weight is 422 g/mol. The molecule has 0 spiro atoms. The van der Waals surface area contributed by atoms with Gasteiger partial charge in [-0.1, -0.05) is 35.5 Å². The molecule has 6 N–H and O–H groups in total. The molecule has 0 aliphatic carbocycles. The van der Waals surface area contributed by atoms with Crippen LogP contribution in [0.25, 0.3) is 11.1 Å². The summed E-state index contributed by atoms with van der Waals surface area (Å²) in [5.74, 6) is 0.532. The summed E-state index contributed by atoms with van der Waals surface area (Å²) in [4.78, 5) is 8.54. The summed E-state index contributed by atoms with van der Waals surface area (Å²) >= 11 is 0. The Balaban J connectivity index is 1.52. The summed E-state index contributed by atoms with van der Waals surface area (Å²) in [6.07, 6.45) is 4.04. The number of nitrogens with one attached hydrogen (secondary N) is 2. The second kappa shape index (κ2) is 7.89. The standard InChI is InChI=1S/C19H18N8O2S/c20-18-17(13-6-4-12(5-7-13)8-15-10-23-27-26-15)11-22-19(25-18)24-14-2-1-3-16(9-14)30(21,28)29/h1-7,9-11H,8H2,(H2,21,28,29)(H,23,26,27)(H3,20,22,24,25). The van der Waals surface area contributed by atoms with Gasteiger partial charge in [0, 0.05) is 30.1 Å². The van der Waals surface area contributed by atoms with Crippen LogP contribution in [-0.4, -0.2) is 33.8 Å². The molecule has 30 heavy (non-hydrogen) atoms. The zero-order valence-corrected chi connectivity index (χ0v) is 16.5. The lowest BCUT2D eigenvalue weighted by molar-refractivity contribution is 0.598. The number of aromatic nitrogens is 5. The van der Waals surface area contributed by atoms with E-state index in [-0.39, 0.29) is 10.8 Å². The molecule has 10 nitrogen and oxygen atoms in total. The molecule has 2 aromatic heterocycles. The van der Waals surface area contributed by atoms with Gasteiger partial charge in [-0.05, 0) is 29.3 Å². The van der Waals surface area contributed by atoms with E-state index in [1.54, 1.807) is 24.5 Å². The minimum absolute atomic E-state index is 0.0113. The van der Waals surface area contributed by atoms with E-state index < -0.39 is 10.0 Å². The van der Waals surface area contributed by atoms with E-state index in [1.165, 1.54) is 12.1 Å². The monoisotopic (exact) mass is 422 g/mol. The number of hydrogen-bond acceptors (Lipinski definition) is 8. The maximum absolute atomic E-state index is 11.5. The molecular formula is C19H18N8O2S. The zero-order valence-electron chi connectivity index (χ0n) is 15.6. The number of H-pyrrole nitrogens is 1. The fourth-order valence-electron chi connectivity index (χ4n) is 2.88. The van der Waals surface area contributed by atoms with Crippen LogP contribution in [0, 0.1) is 0 Å². The van der Waals surface area contributed by atoms with Crippen molar-refractivity contribution in [3.8, 4) is 11.1 Å². The molecule has 0 bridgehead atoms. The van der Waals surface area contributed by atoms with Gasteiger partial charge < -0.3 is 11.1 Å². The predicted octanol–water partition coefficient (Wildman–Crippen LogP) is 1.83. The average Bonchev–Trinajstić information content (AvgIpc) is 3.22. The first-order valence-corrected chi connectivity index (χ1v) is 10.4. The van der Waals surface area contributed by atoms with Crippen molar-refractivity contribution in [2.75, 3.05) is 11.1 Å². The largest absolute Gasteiger partial charge is 0.383 e. The van der Waals surface area contributed by atoms with Gasteiger partial charge in [0.05, 0.1) is 10.6 Å². The van der Waals surface area contributed by atoms with Crippen LogP contribution in [-0.2, 0) is 16.4 Å². The van der Waals surface area contributed by atoms with Crippen LogP contribution in [0.15, 0.2) is 65.8 Å². The van der Waals surface area contributed by atoms with Crippen molar-refractivity contribution in [1.29, 1.82) is 0 Å². The number of primary sulfonamides is 1. The van der Waals surface area contributed by atoms with Gasteiger partial charge in [0.1, 0.15) is 5.82 Å². The highest BCUT2D eigenvalue weighted by Gasteiger charge is 2.10. The van der Waals surface area contributed by atoms with Crippen LogP contribution in [0.1, 0.15) is 11.3 Å². The van der Waals surface area contributed by atoms with Gasteiger partial charge >= 0.3 is 0 Å². The number of rotatable bonds is 6. The van der Waals surface area contributed by atoms with Crippen LogP contribution in [0.5, 0.6) is 0 Å². The molecule has 2 aromatic carbocycles. The summed E-state index contributed by atoms with van der Waals surface area (Å²) in [6.45, 7) is 0. The second-order valence-corrected chi connectivity index (χ2v) is 8.09. The fraction of sp³-hybridized carbons (Fsp3) is 0.0526. The van der Waals surface area contributed by atoms with Gasteiger partial charge in [0.2, 0.25) is 16.0 Å². The third-order valence-corrected chi connectivity index (χ3v) is 5.27. The third kappa shape index (κ3) is 4.42. The predicted molar refractivity (Wildman–Crippen MR) is 112 cm³/mol. The van der Waals surface area contributed by atoms with Crippen molar-refractivity contribution in [1.82, 2.24) is 25.4 Å². The first-order chi connectivity index (χ1) is 14.4. The Morgan fingerprint density at radius 1 is 1.10 bits per heavy atom. The molecule has 0 saturated carbocycles. The van der Waals surface area contributed by atoms with E-state index in [0.717, 1.165) is 16.8 Å². The Kier molecular flexibility index (Phi) is 5.12. The number of nitrogens with zero attached hydrogens (tertiary/aromatic N) is 4. The van der Waals surface area contributed by atoms with Gasteiger partial charge in [-0.15, -0.1) is 5.10 Å². The molecular weight excluding hydrogens is 404 g/mol. The molecule has 0 unspecified atom stereocenters. The molecule has 11 heteroatoms. The molecule has 0 saturated heterocycles. The van der Waals surface area contributed by atoms with Crippen molar-refractivity contribution in [3.63, 3.8) is 0 Å². The Hall–Kier alpha value is -3.83. The van der Waals surface area contributed by atoms with Crippen LogP contribution >= 0.6 is 0 Å². The van der Waals surface area contributed by atoms with E-state index >= 15 is 0 Å². The molecule has 0 atom stereocenters. The fourth-order valence-corrected chi connectivity index (χ4v) is 3.44. The van der Waals surface area contributed by atoms with Gasteiger partial charge in [-0.2, -0.15) is 4.98 Å². The maximum Gasteiger partial charge on any atom is 0.238 e. The second-order valence-electron chi connectivity index (χ2n) is 6.53. The lowest BCUT2D eigenvalue weighted by atomic mass is 10.0. The third-order valence-electron chi connectivity index (χ3n) is 4.35. The normalized spacial score (nSPS) is 11.4. The van der Waals surface area contributed by atoms with Crippen molar-refractivity contribution < 1.29 is 8.42 Å².